The molecule has 0 bridgehead atoms. The lowest BCUT2D eigenvalue weighted by Crippen LogP contribution is -2.18. The normalized spacial score (nSPS) is 11.0. The molecule has 27 heavy (non-hydrogen) atoms. The summed E-state index contributed by atoms with van der Waals surface area (Å²) >= 11 is 5.94. The second-order valence-corrected chi connectivity index (χ2v) is 8.00. The number of hydrogen-bond acceptors (Lipinski definition) is 3. The molecule has 3 aromatic carbocycles. The number of carbonyl (C=O) groups excluding carboxylic acids is 1. The van der Waals surface area contributed by atoms with Crippen LogP contribution in [0, 0.1) is 6.92 Å². The molecule has 0 aliphatic rings. The fourth-order valence-electron chi connectivity index (χ4n) is 2.53. The van der Waals surface area contributed by atoms with E-state index in [0.717, 1.165) is 5.56 Å². The van der Waals surface area contributed by atoms with Crippen LogP contribution in [-0.2, 0) is 10.0 Å². The molecule has 0 saturated carbocycles. The minimum absolute atomic E-state index is 0.119. The van der Waals surface area contributed by atoms with Gasteiger partial charge in [-0.3, -0.25) is 9.52 Å². The second kappa shape index (κ2) is 7.82. The maximum absolute atomic E-state index is 12.7. The van der Waals surface area contributed by atoms with Crippen LogP contribution in [0.4, 0.5) is 11.4 Å². The van der Waals surface area contributed by atoms with Crippen LogP contribution in [0.25, 0.3) is 0 Å². The third-order valence-corrected chi connectivity index (χ3v) is 5.52. The summed E-state index contributed by atoms with van der Waals surface area (Å²) in [6.07, 6.45) is 0. The van der Waals surface area contributed by atoms with Gasteiger partial charge in [0.25, 0.3) is 15.9 Å². The zero-order valence-corrected chi connectivity index (χ0v) is 16.0. The summed E-state index contributed by atoms with van der Waals surface area (Å²) in [6, 6.07) is 19.5. The van der Waals surface area contributed by atoms with Gasteiger partial charge in [0.1, 0.15) is 0 Å². The lowest BCUT2D eigenvalue weighted by atomic mass is 10.1. The molecule has 0 radical (unpaired) electrons. The number of anilines is 2. The monoisotopic (exact) mass is 400 g/mol. The number of nitrogens with one attached hydrogen (secondary N) is 2. The van der Waals surface area contributed by atoms with E-state index in [1.165, 1.54) is 12.1 Å². The molecule has 2 N–H and O–H groups in total. The lowest BCUT2D eigenvalue weighted by molar-refractivity contribution is 0.102. The van der Waals surface area contributed by atoms with Crippen LogP contribution < -0.4 is 10.0 Å². The standard InChI is InChI=1S/C20H17ClN2O3S/c1-14-13-15(21)11-12-18(14)22-20(24)17-9-5-6-10-19(17)23-27(25,26)16-7-3-2-4-8-16/h2-13,23H,1H3,(H,22,24). The van der Waals surface area contributed by atoms with Gasteiger partial charge in [-0.1, -0.05) is 41.9 Å². The number of benzene rings is 3. The van der Waals surface area contributed by atoms with Crippen LogP contribution in [0.5, 0.6) is 0 Å². The highest BCUT2D eigenvalue weighted by molar-refractivity contribution is 7.92. The molecule has 0 unspecified atom stereocenters. The first-order valence-corrected chi connectivity index (χ1v) is 9.97. The number of aryl methyl sites for hydroxylation is 1. The Kier molecular flexibility index (Phi) is 5.48. The number of amides is 1. The average Bonchev–Trinajstić information content (AvgIpc) is 2.65. The highest BCUT2D eigenvalue weighted by atomic mass is 35.5. The minimum atomic E-state index is -3.80. The van der Waals surface area contributed by atoms with Crippen LogP contribution in [0.3, 0.4) is 0 Å². The first-order valence-electron chi connectivity index (χ1n) is 8.11. The predicted molar refractivity (Wildman–Crippen MR) is 108 cm³/mol. The third kappa shape index (κ3) is 4.48. The summed E-state index contributed by atoms with van der Waals surface area (Å²) in [7, 11) is -3.80. The number of hydrogen-bond donors (Lipinski definition) is 2. The van der Waals surface area contributed by atoms with Gasteiger partial charge in [0.05, 0.1) is 16.1 Å². The van der Waals surface area contributed by atoms with Gasteiger partial charge in [-0.05, 0) is 55.0 Å². The van der Waals surface area contributed by atoms with Gasteiger partial charge in [-0.15, -0.1) is 0 Å². The van der Waals surface area contributed by atoms with Crippen molar-refractivity contribution in [1.82, 2.24) is 0 Å². The summed E-state index contributed by atoms with van der Waals surface area (Å²) in [5.74, 6) is -0.424. The molecule has 138 valence electrons. The van der Waals surface area contributed by atoms with Crippen molar-refractivity contribution < 1.29 is 13.2 Å². The van der Waals surface area contributed by atoms with Crippen molar-refractivity contribution in [2.75, 3.05) is 10.0 Å². The number of para-hydroxylation sites is 1. The largest absolute Gasteiger partial charge is 0.322 e. The highest BCUT2D eigenvalue weighted by Crippen LogP contribution is 2.24. The topological polar surface area (TPSA) is 75.3 Å². The number of sulfonamides is 1. The zero-order valence-electron chi connectivity index (χ0n) is 14.4. The van der Waals surface area contributed by atoms with E-state index in [1.54, 1.807) is 60.7 Å². The summed E-state index contributed by atoms with van der Waals surface area (Å²) in [5, 5.41) is 3.36. The van der Waals surface area contributed by atoms with E-state index in [2.05, 4.69) is 10.0 Å². The van der Waals surface area contributed by atoms with E-state index in [9.17, 15) is 13.2 Å². The number of carbonyl (C=O) groups is 1. The lowest BCUT2D eigenvalue weighted by Gasteiger charge is -2.14. The van der Waals surface area contributed by atoms with Crippen LogP contribution in [0.15, 0.2) is 77.7 Å². The van der Waals surface area contributed by atoms with E-state index in [4.69, 9.17) is 11.6 Å². The van der Waals surface area contributed by atoms with Gasteiger partial charge in [-0.2, -0.15) is 0 Å². The molecule has 0 atom stereocenters. The quantitative estimate of drug-likeness (QED) is 0.651. The van der Waals surface area contributed by atoms with Crippen LogP contribution >= 0.6 is 11.6 Å². The van der Waals surface area contributed by atoms with Gasteiger partial charge in [0, 0.05) is 10.7 Å². The van der Waals surface area contributed by atoms with Crippen molar-refractivity contribution in [2.45, 2.75) is 11.8 Å². The first kappa shape index (κ1) is 18.9. The second-order valence-electron chi connectivity index (χ2n) is 5.88. The zero-order chi connectivity index (χ0) is 19.4. The van der Waals surface area contributed by atoms with Gasteiger partial charge >= 0.3 is 0 Å². The van der Waals surface area contributed by atoms with Gasteiger partial charge in [-0.25, -0.2) is 8.42 Å². The van der Waals surface area contributed by atoms with E-state index >= 15 is 0 Å². The van der Waals surface area contributed by atoms with Crippen molar-refractivity contribution in [3.63, 3.8) is 0 Å². The number of halogens is 1. The molecule has 1 amide bonds. The van der Waals surface area contributed by atoms with Crippen molar-refractivity contribution in [3.05, 3.63) is 88.9 Å². The molecule has 0 aromatic heterocycles. The SMILES string of the molecule is Cc1cc(Cl)ccc1NC(=O)c1ccccc1NS(=O)(=O)c1ccccc1. The molecular formula is C20H17ClN2O3S. The van der Waals surface area contributed by atoms with E-state index in [0.29, 0.717) is 10.7 Å². The molecule has 0 spiro atoms. The molecule has 0 aliphatic carbocycles. The van der Waals surface area contributed by atoms with E-state index < -0.39 is 15.9 Å². The summed E-state index contributed by atoms with van der Waals surface area (Å²) < 4.78 is 27.6. The average molecular weight is 401 g/mol. The van der Waals surface area contributed by atoms with Crippen molar-refractivity contribution >= 4 is 38.9 Å². The first-order chi connectivity index (χ1) is 12.9. The van der Waals surface area contributed by atoms with Crippen molar-refractivity contribution in [2.24, 2.45) is 0 Å². The molecule has 5 nitrogen and oxygen atoms in total. The van der Waals surface area contributed by atoms with E-state index in [-0.39, 0.29) is 16.1 Å². The van der Waals surface area contributed by atoms with Crippen LogP contribution in [-0.4, -0.2) is 14.3 Å². The maximum Gasteiger partial charge on any atom is 0.261 e. The van der Waals surface area contributed by atoms with Crippen molar-refractivity contribution in [3.8, 4) is 0 Å². The van der Waals surface area contributed by atoms with Crippen LogP contribution in [0.1, 0.15) is 15.9 Å². The Morgan fingerprint density at radius 3 is 2.26 bits per heavy atom. The Morgan fingerprint density at radius 1 is 0.889 bits per heavy atom. The predicted octanol–water partition coefficient (Wildman–Crippen LogP) is 4.70. The van der Waals surface area contributed by atoms with E-state index in [1.807, 2.05) is 6.92 Å². The fourth-order valence-corrected chi connectivity index (χ4v) is 3.86. The Morgan fingerprint density at radius 2 is 1.56 bits per heavy atom. The Balaban J connectivity index is 1.89. The summed E-state index contributed by atoms with van der Waals surface area (Å²) in [5.41, 5.74) is 1.82. The summed E-state index contributed by atoms with van der Waals surface area (Å²) in [6.45, 7) is 1.82. The molecule has 7 heteroatoms. The number of rotatable bonds is 5. The fraction of sp³-hybridized carbons (Fsp3) is 0.0500. The molecule has 0 saturated heterocycles. The molecular weight excluding hydrogens is 384 g/mol. The molecule has 3 rings (SSSR count). The van der Waals surface area contributed by atoms with Crippen LogP contribution in [0.2, 0.25) is 5.02 Å². The molecule has 0 fully saturated rings. The van der Waals surface area contributed by atoms with Gasteiger partial charge in [0.15, 0.2) is 0 Å². The molecule has 3 aromatic rings. The molecule has 0 heterocycles. The summed E-state index contributed by atoms with van der Waals surface area (Å²) in [4.78, 5) is 12.8. The third-order valence-electron chi connectivity index (χ3n) is 3.91. The Bertz CT molecular complexity index is 1080. The highest BCUT2D eigenvalue weighted by Gasteiger charge is 2.18. The Labute approximate surface area is 163 Å². The van der Waals surface area contributed by atoms with Gasteiger partial charge < -0.3 is 5.32 Å². The maximum atomic E-state index is 12.7. The molecule has 0 aliphatic heterocycles. The minimum Gasteiger partial charge on any atom is -0.322 e. The van der Waals surface area contributed by atoms with Gasteiger partial charge in [0.2, 0.25) is 0 Å². The Hall–Kier alpha value is -2.83. The van der Waals surface area contributed by atoms with Crippen molar-refractivity contribution in [1.29, 1.82) is 0 Å². The smallest absolute Gasteiger partial charge is 0.261 e.